The summed E-state index contributed by atoms with van der Waals surface area (Å²) in [4.78, 5) is 12.1. The molecule has 0 radical (unpaired) electrons. The van der Waals surface area contributed by atoms with E-state index in [9.17, 15) is 4.79 Å². The van der Waals surface area contributed by atoms with E-state index in [1.807, 2.05) is 55.5 Å². The van der Waals surface area contributed by atoms with Gasteiger partial charge in [-0.15, -0.1) is 5.10 Å². The quantitative estimate of drug-likeness (QED) is 0.476. The fourth-order valence-electron chi connectivity index (χ4n) is 2.08. The predicted molar refractivity (Wildman–Crippen MR) is 102 cm³/mol. The zero-order valence-corrected chi connectivity index (χ0v) is 15.8. The largest absolute Gasteiger partial charge is 0.325 e. The zero-order chi connectivity index (χ0) is 16.9. The van der Waals surface area contributed by atoms with Crippen LogP contribution in [0, 0.1) is 10.5 Å². The topological polar surface area (TPSA) is 72.7 Å². The highest BCUT2D eigenvalue weighted by molar-refractivity contribution is 14.1. The molecule has 1 N–H and O–H groups in total. The first-order chi connectivity index (χ1) is 11.6. The van der Waals surface area contributed by atoms with Crippen molar-refractivity contribution in [2.75, 3.05) is 11.1 Å². The van der Waals surface area contributed by atoms with E-state index >= 15 is 0 Å². The number of halogens is 1. The molecule has 3 rings (SSSR count). The average molecular weight is 451 g/mol. The molecule has 24 heavy (non-hydrogen) atoms. The van der Waals surface area contributed by atoms with Crippen LogP contribution >= 0.6 is 34.4 Å². The highest BCUT2D eigenvalue weighted by atomic mass is 127. The molecule has 0 unspecified atom stereocenters. The Labute approximate surface area is 157 Å². The summed E-state index contributed by atoms with van der Waals surface area (Å²) in [6, 6.07) is 15.5. The van der Waals surface area contributed by atoms with Crippen LogP contribution in [0.15, 0.2) is 53.7 Å². The van der Waals surface area contributed by atoms with Crippen molar-refractivity contribution in [3.8, 4) is 5.69 Å². The molecule has 3 aromatic rings. The number of nitrogens with zero attached hydrogens (tertiary/aromatic N) is 4. The Hall–Kier alpha value is -1.94. The monoisotopic (exact) mass is 451 g/mol. The third kappa shape index (κ3) is 4.32. The third-order valence-electron chi connectivity index (χ3n) is 3.13. The van der Waals surface area contributed by atoms with Crippen LogP contribution in [-0.2, 0) is 4.79 Å². The van der Waals surface area contributed by atoms with Gasteiger partial charge in [0.2, 0.25) is 11.1 Å². The molecule has 0 atom stereocenters. The van der Waals surface area contributed by atoms with E-state index in [1.165, 1.54) is 11.8 Å². The van der Waals surface area contributed by atoms with Crippen molar-refractivity contribution in [1.29, 1.82) is 0 Å². The minimum Gasteiger partial charge on any atom is -0.325 e. The van der Waals surface area contributed by atoms with Gasteiger partial charge in [-0.25, -0.2) is 0 Å². The lowest BCUT2D eigenvalue weighted by Gasteiger charge is -2.06. The predicted octanol–water partition coefficient (Wildman–Crippen LogP) is 3.31. The van der Waals surface area contributed by atoms with Gasteiger partial charge in [-0.3, -0.25) is 4.79 Å². The fourth-order valence-corrected chi connectivity index (χ4v) is 3.32. The van der Waals surface area contributed by atoms with E-state index in [2.05, 4.69) is 43.4 Å². The highest BCUT2D eigenvalue weighted by Crippen LogP contribution is 2.19. The lowest BCUT2D eigenvalue weighted by molar-refractivity contribution is -0.113. The standard InChI is InChI=1S/C16H14IN5OS/c1-11-4-2-7-14(8-11)22-16(19-20-21-22)24-10-15(23)18-13-6-3-5-12(17)9-13/h2-9H,10H2,1H3,(H,18,23). The zero-order valence-electron chi connectivity index (χ0n) is 12.8. The third-order valence-corrected chi connectivity index (χ3v) is 4.72. The molecule has 1 amide bonds. The van der Waals surface area contributed by atoms with Gasteiger partial charge >= 0.3 is 0 Å². The molecule has 2 aromatic carbocycles. The number of aryl methyl sites for hydroxylation is 1. The molecule has 6 nitrogen and oxygen atoms in total. The maximum Gasteiger partial charge on any atom is 0.234 e. The Balaban J connectivity index is 1.65. The first kappa shape index (κ1) is 16.9. The SMILES string of the molecule is Cc1cccc(-n2nnnc2SCC(=O)Nc2cccc(I)c2)c1. The number of nitrogens with one attached hydrogen (secondary N) is 1. The van der Waals surface area contributed by atoms with Crippen molar-refractivity contribution in [1.82, 2.24) is 20.2 Å². The van der Waals surface area contributed by atoms with E-state index in [0.717, 1.165) is 20.5 Å². The van der Waals surface area contributed by atoms with Gasteiger partial charge in [0.1, 0.15) is 0 Å². The molecule has 0 bridgehead atoms. The number of tetrazole rings is 1. The van der Waals surface area contributed by atoms with E-state index in [0.29, 0.717) is 5.16 Å². The van der Waals surface area contributed by atoms with E-state index < -0.39 is 0 Å². The van der Waals surface area contributed by atoms with Crippen molar-refractivity contribution in [3.05, 3.63) is 57.7 Å². The highest BCUT2D eigenvalue weighted by Gasteiger charge is 2.12. The molecule has 0 aliphatic rings. The first-order valence-corrected chi connectivity index (χ1v) is 9.22. The Kier molecular flexibility index (Phi) is 5.46. The lowest BCUT2D eigenvalue weighted by Crippen LogP contribution is -2.14. The minimum atomic E-state index is -0.0965. The molecule has 0 aliphatic heterocycles. The van der Waals surface area contributed by atoms with Crippen LogP contribution in [0.25, 0.3) is 5.69 Å². The molecule has 0 saturated heterocycles. The van der Waals surface area contributed by atoms with Gasteiger partial charge < -0.3 is 5.32 Å². The van der Waals surface area contributed by atoms with Gasteiger partial charge in [0.05, 0.1) is 11.4 Å². The molecular formula is C16H14IN5OS. The Morgan fingerprint density at radius 1 is 1.25 bits per heavy atom. The molecule has 1 aromatic heterocycles. The van der Waals surface area contributed by atoms with Crippen molar-refractivity contribution >= 4 is 45.9 Å². The smallest absolute Gasteiger partial charge is 0.234 e. The van der Waals surface area contributed by atoms with Gasteiger partial charge in [-0.05, 0) is 75.8 Å². The van der Waals surface area contributed by atoms with Crippen LogP contribution in [0.1, 0.15) is 5.56 Å². The number of amides is 1. The normalized spacial score (nSPS) is 10.6. The molecular weight excluding hydrogens is 437 g/mol. The second kappa shape index (κ2) is 7.75. The summed E-state index contributed by atoms with van der Waals surface area (Å²) in [5.41, 5.74) is 2.78. The van der Waals surface area contributed by atoms with Gasteiger partial charge in [0.15, 0.2) is 0 Å². The van der Waals surface area contributed by atoms with Gasteiger partial charge in [0.25, 0.3) is 0 Å². The summed E-state index contributed by atoms with van der Waals surface area (Å²) in [6.45, 7) is 2.01. The number of aromatic nitrogens is 4. The van der Waals surface area contributed by atoms with Crippen LogP contribution in [-0.4, -0.2) is 31.9 Å². The van der Waals surface area contributed by atoms with Crippen molar-refractivity contribution in [2.24, 2.45) is 0 Å². The summed E-state index contributed by atoms with van der Waals surface area (Å²) in [7, 11) is 0. The Bertz CT molecular complexity index is 867. The number of thioether (sulfide) groups is 1. The summed E-state index contributed by atoms with van der Waals surface area (Å²) in [5.74, 6) is 0.137. The van der Waals surface area contributed by atoms with Crippen molar-refractivity contribution in [2.45, 2.75) is 12.1 Å². The Morgan fingerprint density at radius 3 is 2.88 bits per heavy atom. The summed E-state index contributed by atoms with van der Waals surface area (Å²) < 4.78 is 2.71. The molecule has 0 spiro atoms. The number of carbonyl (C=O) groups is 1. The number of benzene rings is 2. The average Bonchev–Trinajstić information content (AvgIpc) is 3.01. The van der Waals surface area contributed by atoms with Gasteiger partial charge in [0, 0.05) is 9.26 Å². The number of anilines is 1. The second-order valence-electron chi connectivity index (χ2n) is 5.06. The van der Waals surface area contributed by atoms with Gasteiger partial charge in [-0.1, -0.05) is 30.0 Å². The minimum absolute atomic E-state index is 0.0965. The number of hydrogen-bond acceptors (Lipinski definition) is 5. The van der Waals surface area contributed by atoms with E-state index in [-0.39, 0.29) is 11.7 Å². The molecule has 8 heteroatoms. The van der Waals surface area contributed by atoms with Crippen molar-refractivity contribution < 1.29 is 4.79 Å². The van der Waals surface area contributed by atoms with Crippen LogP contribution in [0.4, 0.5) is 5.69 Å². The second-order valence-corrected chi connectivity index (χ2v) is 7.25. The maximum atomic E-state index is 12.1. The summed E-state index contributed by atoms with van der Waals surface area (Å²) >= 11 is 3.51. The number of hydrogen-bond donors (Lipinski definition) is 1. The molecule has 122 valence electrons. The lowest BCUT2D eigenvalue weighted by atomic mass is 10.2. The molecule has 0 fully saturated rings. The van der Waals surface area contributed by atoms with Crippen LogP contribution in [0.5, 0.6) is 0 Å². The maximum absolute atomic E-state index is 12.1. The molecule has 0 saturated carbocycles. The molecule has 0 aliphatic carbocycles. The number of carbonyl (C=O) groups excluding carboxylic acids is 1. The molecule has 1 heterocycles. The van der Waals surface area contributed by atoms with Crippen molar-refractivity contribution in [3.63, 3.8) is 0 Å². The van der Waals surface area contributed by atoms with E-state index in [4.69, 9.17) is 0 Å². The fraction of sp³-hybridized carbons (Fsp3) is 0.125. The van der Waals surface area contributed by atoms with Crippen LogP contribution in [0.3, 0.4) is 0 Å². The van der Waals surface area contributed by atoms with Crippen LogP contribution < -0.4 is 5.32 Å². The van der Waals surface area contributed by atoms with Gasteiger partial charge in [-0.2, -0.15) is 4.68 Å². The summed E-state index contributed by atoms with van der Waals surface area (Å²) in [6.07, 6.45) is 0. The first-order valence-electron chi connectivity index (χ1n) is 7.15. The summed E-state index contributed by atoms with van der Waals surface area (Å²) in [5, 5.41) is 15.2. The number of rotatable bonds is 5. The van der Waals surface area contributed by atoms with E-state index in [1.54, 1.807) is 4.68 Å². The van der Waals surface area contributed by atoms with Crippen LogP contribution in [0.2, 0.25) is 0 Å². The Morgan fingerprint density at radius 2 is 2.08 bits per heavy atom.